The topological polar surface area (TPSA) is 75.9 Å². The van der Waals surface area contributed by atoms with Gasteiger partial charge in [-0.1, -0.05) is 0 Å². The van der Waals surface area contributed by atoms with E-state index in [0.29, 0.717) is 49.4 Å². The lowest BCUT2D eigenvalue weighted by molar-refractivity contribution is -0.142. The Kier molecular flexibility index (Phi) is 3.93. The summed E-state index contributed by atoms with van der Waals surface area (Å²) in [6.45, 7) is 2.84. The molecule has 0 bridgehead atoms. The number of ether oxygens (including phenoxy) is 1. The molecule has 3 heterocycles. The molecule has 2 fully saturated rings. The van der Waals surface area contributed by atoms with Crippen molar-refractivity contribution in [2.75, 3.05) is 32.8 Å². The van der Waals surface area contributed by atoms with Crippen LogP contribution in [0.4, 0.5) is 0 Å². The second kappa shape index (κ2) is 6.24. The van der Waals surface area contributed by atoms with E-state index in [0.717, 1.165) is 12.8 Å². The molecule has 0 aliphatic carbocycles. The van der Waals surface area contributed by atoms with Crippen LogP contribution in [0, 0.1) is 0 Å². The maximum Gasteiger partial charge on any atom is 0.254 e. The van der Waals surface area contributed by atoms with Crippen molar-refractivity contribution in [2.24, 2.45) is 0 Å². The summed E-state index contributed by atoms with van der Waals surface area (Å²) in [5.74, 6) is 0.0210. The number of rotatable bonds is 2. The van der Waals surface area contributed by atoms with E-state index in [4.69, 9.17) is 9.15 Å². The summed E-state index contributed by atoms with van der Waals surface area (Å²) in [6.07, 6.45) is 2.82. The summed E-state index contributed by atoms with van der Waals surface area (Å²) < 4.78 is 10.7. The fraction of sp³-hybridized carbons (Fsp3) is 0.471. The lowest BCUT2D eigenvalue weighted by Gasteiger charge is -2.35. The number of amides is 2. The van der Waals surface area contributed by atoms with Crippen molar-refractivity contribution in [1.82, 2.24) is 14.8 Å². The first kappa shape index (κ1) is 15.1. The lowest BCUT2D eigenvalue weighted by atomic mass is 10.1. The maximum atomic E-state index is 12.6. The van der Waals surface area contributed by atoms with Crippen molar-refractivity contribution in [3.8, 4) is 0 Å². The largest absolute Gasteiger partial charge is 0.443 e. The van der Waals surface area contributed by atoms with Crippen molar-refractivity contribution < 1.29 is 18.7 Å². The molecule has 0 N–H and O–H groups in total. The first-order valence-corrected chi connectivity index (χ1v) is 8.25. The van der Waals surface area contributed by atoms with E-state index in [-0.39, 0.29) is 17.9 Å². The Bertz CT molecular complexity index is 758. The van der Waals surface area contributed by atoms with Crippen LogP contribution in [0.15, 0.2) is 29.0 Å². The summed E-state index contributed by atoms with van der Waals surface area (Å²) in [7, 11) is 0. The number of carbonyl (C=O) groups is 2. The molecule has 1 aromatic heterocycles. The Hall–Kier alpha value is -2.41. The zero-order chi connectivity index (χ0) is 16.5. The predicted octanol–water partition coefficient (Wildman–Crippen LogP) is 1.29. The molecule has 2 saturated heterocycles. The normalized spacial score (nSPS) is 21.4. The minimum atomic E-state index is -0.290. The average Bonchev–Trinajstić information content (AvgIpc) is 3.31. The maximum absolute atomic E-state index is 12.6. The molecular formula is C17H19N3O4. The Morgan fingerprint density at radius 3 is 2.67 bits per heavy atom. The van der Waals surface area contributed by atoms with Crippen LogP contribution in [0.25, 0.3) is 11.1 Å². The highest BCUT2D eigenvalue weighted by Crippen LogP contribution is 2.18. The number of carbonyl (C=O) groups excluding carboxylic acids is 2. The van der Waals surface area contributed by atoms with Gasteiger partial charge < -0.3 is 19.0 Å². The smallest absolute Gasteiger partial charge is 0.254 e. The van der Waals surface area contributed by atoms with Gasteiger partial charge in [0.1, 0.15) is 11.6 Å². The number of hydrogen-bond donors (Lipinski definition) is 0. The highest BCUT2D eigenvalue weighted by atomic mass is 16.5. The Labute approximate surface area is 139 Å². The van der Waals surface area contributed by atoms with E-state index < -0.39 is 0 Å². The van der Waals surface area contributed by atoms with Crippen LogP contribution in [-0.2, 0) is 9.53 Å². The van der Waals surface area contributed by atoms with Crippen molar-refractivity contribution in [2.45, 2.75) is 18.9 Å². The van der Waals surface area contributed by atoms with Crippen molar-refractivity contribution in [3.63, 3.8) is 0 Å². The van der Waals surface area contributed by atoms with Gasteiger partial charge in [0, 0.05) is 38.3 Å². The SMILES string of the molecule is O=C(c1ccc2ocnc2c1)N1CCN(C(=O)C2CCCO2)CC1. The first-order valence-electron chi connectivity index (χ1n) is 8.25. The molecule has 24 heavy (non-hydrogen) atoms. The minimum Gasteiger partial charge on any atom is -0.443 e. The molecule has 1 atom stereocenters. The molecule has 1 aromatic carbocycles. The summed E-state index contributed by atoms with van der Waals surface area (Å²) in [6, 6.07) is 5.25. The number of hydrogen-bond acceptors (Lipinski definition) is 5. The third-order valence-corrected chi connectivity index (χ3v) is 4.66. The van der Waals surface area contributed by atoms with Gasteiger partial charge in [-0.15, -0.1) is 0 Å². The number of nitrogens with zero attached hydrogens (tertiary/aromatic N) is 3. The highest BCUT2D eigenvalue weighted by molar-refractivity contribution is 5.97. The molecule has 7 heteroatoms. The van der Waals surface area contributed by atoms with Gasteiger partial charge in [0.05, 0.1) is 0 Å². The van der Waals surface area contributed by atoms with Crippen molar-refractivity contribution >= 4 is 22.9 Å². The average molecular weight is 329 g/mol. The first-order chi connectivity index (χ1) is 11.7. The number of benzene rings is 1. The van der Waals surface area contributed by atoms with Crippen molar-refractivity contribution in [1.29, 1.82) is 0 Å². The molecule has 4 rings (SSSR count). The zero-order valence-electron chi connectivity index (χ0n) is 13.3. The summed E-state index contributed by atoms with van der Waals surface area (Å²) in [4.78, 5) is 32.6. The Morgan fingerprint density at radius 2 is 1.92 bits per heavy atom. The van der Waals surface area contributed by atoms with E-state index in [2.05, 4.69) is 4.98 Å². The second-order valence-electron chi connectivity index (χ2n) is 6.15. The third-order valence-electron chi connectivity index (χ3n) is 4.66. The number of fused-ring (bicyclic) bond motifs is 1. The molecule has 2 aromatic rings. The van der Waals surface area contributed by atoms with E-state index in [1.807, 2.05) is 0 Å². The van der Waals surface area contributed by atoms with Crippen LogP contribution in [0.1, 0.15) is 23.2 Å². The van der Waals surface area contributed by atoms with Crippen LogP contribution in [0.5, 0.6) is 0 Å². The van der Waals surface area contributed by atoms with E-state index in [9.17, 15) is 9.59 Å². The molecule has 7 nitrogen and oxygen atoms in total. The zero-order valence-corrected chi connectivity index (χ0v) is 13.3. The molecule has 1 unspecified atom stereocenters. The van der Waals surface area contributed by atoms with Gasteiger partial charge in [-0.3, -0.25) is 9.59 Å². The van der Waals surface area contributed by atoms with Crippen LogP contribution >= 0.6 is 0 Å². The fourth-order valence-electron chi connectivity index (χ4n) is 3.28. The number of piperazine rings is 1. The quantitative estimate of drug-likeness (QED) is 0.830. The summed E-state index contributed by atoms with van der Waals surface area (Å²) >= 11 is 0. The number of oxazole rings is 1. The molecular weight excluding hydrogens is 310 g/mol. The molecule has 0 spiro atoms. The Balaban J connectivity index is 1.39. The molecule has 2 aliphatic heterocycles. The molecule has 126 valence electrons. The van der Waals surface area contributed by atoms with Gasteiger partial charge in [0.2, 0.25) is 0 Å². The molecule has 2 aliphatic rings. The van der Waals surface area contributed by atoms with Gasteiger partial charge in [-0.2, -0.15) is 0 Å². The standard InChI is InChI=1S/C17H19N3O4/c21-16(12-3-4-14-13(10-12)18-11-24-14)19-5-7-20(8-6-19)17(22)15-2-1-9-23-15/h3-4,10-11,15H,1-2,5-9H2. The Morgan fingerprint density at radius 1 is 1.12 bits per heavy atom. The van der Waals surface area contributed by atoms with Gasteiger partial charge in [0.15, 0.2) is 12.0 Å². The predicted molar refractivity (Wildman–Crippen MR) is 85.5 cm³/mol. The van der Waals surface area contributed by atoms with Gasteiger partial charge >= 0.3 is 0 Å². The van der Waals surface area contributed by atoms with E-state index in [1.54, 1.807) is 28.0 Å². The van der Waals surface area contributed by atoms with Gasteiger partial charge in [-0.05, 0) is 31.0 Å². The van der Waals surface area contributed by atoms with Crippen LogP contribution < -0.4 is 0 Å². The molecule has 0 radical (unpaired) electrons. The van der Waals surface area contributed by atoms with Crippen LogP contribution in [0.3, 0.4) is 0 Å². The van der Waals surface area contributed by atoms with E-state index >= 15 is 0 Å². The van der Waals surface area contributed by atoms with Crippen molar-refractivity contribution in [3.05, 3.63) is 30.2 Å². The second-order valence-corrected chi connectivity index (χ2v) is 6.15. The van der Waals surface area contributed by atoms with Gasteiger partial charge in [-0.25, -0.2) is 4.98 Å². The lowest BCUT2D eigenvalue weighted by Crippen LogP contribution is -2.52. The van der Waals surface area contributed by atoms with Crippen LogP contribution in [-0.4, -0.2) is 65.5 Å². The van der Waals surface area contributed by atoms with E-state index in [1.165, 1.54) is 6.39 Å². The highest BCUT2D eigenvalue weighted by Gasteiger charge is 2.31. The summed E-state index contributed by atoms with van der Waals surface area (Å²) in [5, 5.41) is 0. The molecule has 2 amide bonds. The fourth-order valence-corrected chi connectivity index (χ4v) is 3.28. The number of aromatic nitrogens is 1. The third kappa shape index (κ3) is 2.75. The minimum absolute atomic E-state index is 0.0379. The summed E-state index contributed by atoms with van der Waals surface area (Å²) in [5.41, 5.74) is 1.93. The monoisotopic (exact) mass is 329 g/mol. The molecule has 0 saturated carbocycles. The van der Waals surface area contributed by atoms with Crippen LogP contribution in [0.2, 0.25) is 0 Å². The van der Waals surface area contributed by atoms with Gasteiger partial charge in [0.25, 0.3) is 11.8 Å².